The van der Waals surface area contributed by atoms with Crippen molar-refractivity contribution in [2.75, 3.05) is 16.8 Å². The quantitative estimate of drug-likeness (QED) is 0.294. The first kappa shape index (κ1) is 21.8. The Morgan fingerprint density at radius 2 is 1.94 bits per heavy atom. The third-order valence-electron chi connectivity index (χ3n) is 5.27. The molecular weight excluding hydrogens is 451 g/mol. The van der Waals surface area contributed by atoms with Gasteiger partial charge in [-0.05, 0) is 53.9 Å². The number of benzene rings is 2. The van der Waals surface area contributed by atoms with Crippen LogP contribution in [0.25, 0.3) is 21.6 Å². The number of hydrogen-bond donors (Lipinski definition) is 1. The van der Waals surface area contributed by atoms with E-state index >= 15 is 0 Å². The van der Waals surface area contributed by atoms with Gasteiger partial charge in [-0.15, -0.1) is 11.3 Å². The standard InChI is InChI=1S/C26H21FN4O2S/c27-18-6-3-7-19(16-18)28-24(32)12-13-31(17-20-8-4-14-33-20)26-21-9-1-2-10-22(21)29-25(30-26)23-11-5-15-34-23/h1-11,14-16H,12-13,17H2,(H,28,32). The molecule has 0 saturated heterocycles. The zero-order chi connectivity index (χ0) is 23.3. The van der Waals surface area contributed by atoms with Crippen molar-refractivity contribution in [3.05, 3.63) is 96.0 Å². The van der Waals surface area contributed by atoms with Gasteiger partial charge in [0, 0.05) is 24.0 Å². The van der Waals surface area contributed by atoms with Gasteiger partial charge in [-0.2, -0.15) is 0 Å². The molecule has 6 nitrogen and oxygen atoms in total. The van der Waals surface area contributed by atoms with Crippen molar-refractivity contribution in [3.63, 3.8) is 0 Å². The topological polar surface area (TPSA) is 71.3 Å². The Labute approximate surface area is 199 Å². The number of carbonyl (C=O) groups is 1. The average molecular weight is 473 g/mol. The van der Waals surface area contributed by atoms with E-state index in [-0.39, 0.29) is 12.3 Å². The summed E-state index contributed by atoms with van der Waals surface area (Å²) in [5, 5.41) is 5.64. The van der Waals surface area contributed by atoms with Crippen LogP contribution in [0.5, 0.6) is 0 Å². The second-order valence-corrected chi connectivity index (χ2v) is 8.62. The van der Waals surface area contributed by atoms with Crippen molar-refractivity contribution in [1.82, 2.24) is 9.97 Å². The van der Waals surface area contributed by atoms with Crippen LogP contribution in [0.3, 0.4) is 0 Å². The van der Waals surface area contributed by atoms with E-state index in [4.69, 9.17) is 14.4 Å². The van der Waals surface area contributed by atoms with Gasteiger partial charge in [0.1, 0.15) is 17.4 Å². The van der Waals surface area contributed by atoms with Crippen LogP contribution >= 0.6 is 11.3 Å². The van der Waals surface area contributed by atoms with Crippen LogP contribution in [-0.4, -0.2) is 22.4 Å². The summed E-state index contributed by atoms with van der Waals surface area (Å²) >= 11 is 1.57. The molecule has 0 atom stereocenters. The zero-order valence-electron chi connectivity index (χ0n) is 18.1. The molecule has 0 aliphatic carbocycles. The number of halogens is 1. The maximum Gasteiger partial charge on any atom is 0.226 e. The molecule has 5 rings (SSSR count). The Bertz CT molecular complexity index is 1400. The number of anilines is 2. The molecule has 170 valence electrons. The van der Waals surface area contributed by atoms with Gasteiger partial charge < -0.3 is 14.6 Å². The lowest BCUT2D eigenvalue weighted by atomic mass is 10.2. The van der Waals surface area contributed by atoms with Gasteiger partial charge >= 0.3 is 0 Å². The van der Waals surface area contributed by atoms with E-state index in [9.17, 15) is 9.18 Å². The molecule has 1 amide bonds. The Morgan fingerprint density at radius 3 is 2.74 bits per heavy atom. The van der Waals surface area contributed by atoms with Crippen molar-refractivity contribution in [1.29, 1.82) is 0 Å². The Morgan fingerprint density at radius 1 is 1.03 bits per heavy atom. The molecule has 0 aliphatic rings. The van der Waals surface area contributed by atoms with Crippen LogP contribution in [-0.2, 0) is 11.3 Å². The first-order chi connectivity index (χ1) is 16.7. The van der Waals surface area contributed by atoms with Gasteiger partial charge in [0.25, 0.3) is 0 Å². The summed E-state index contributed by atoms with van der Waals surface area (Å²) in [5.41, 5.74) is 1.25. The summed E-state index contributed by atoms with van der Waals surface area (Å²) in [6.45, 7) is 0.817. The molecule has 3 heterocycles. The van der Waals surface area contributed by atoms with Gasteiger partial charge in [-0.1, -0.05) is 24.3 Å². The van der Waals surface area contributed by atoms with E-state index in [1.807, 2.05) is 58.8 Å². The highest BCUT2D eigenvalue weighted by Gasteiger charge is 2.18. The average Bonchev–Trinajstić information content (AvgIpc) is 3.56. The Hall–Kier alpha value is -4.04. The molecule has 2 aromatic carbocycles. The van der Waals surface area contributed by atoms with E-state index in [1.54, 1.807) is 29.7 Å². The van der Waals surface area contributed by atoms with Crippen LogP contribution in [0.4, 0.5) is 15.9 Å². The van der Waals surface area contributed by atoms with Crippen LogP contribution < -0.4 is 10.2 Å². The van der Waals surface area contributed by atoms with Crippen molar-refractivity contribution < 1.29 is 13.6 Å². The minimum Gasteiger partial charge on any atom is -0.467 e. The van der Waals surface area contributed by atoms with Crippen molar-refractivity contribution in [2.45, 2.75) is 13.0 Å². The Balaban J connectivity index is 1.46. The molecule has 0 bridgehead atoms. The predicted octanol–water partition coefficient (Wildman–Crippen LogP) is 6.13. The first-order valence-corrected chi connectivity index (χ1v) is 11.7. The second kappa shape index (κ2) is 9.84. The van der Waals surface area contributed by atoms with Crippen molar-refractivity contribution in [2.24, 2.45) is 0 Å². The molecule has 0 saturated carbocycles. The summed E-state index contributed by atoms with van der Waals surface area (Å²) in [6, 6.07) is 21.4. The minimum absolute atomic E-state index is 0.184. The SMILES string of the molecule is O=C(CCN(Cc1ccco1)c1nc(-c2cccs2)nc2ccccc12)Nc1cccc(F)c1. The van der Waals surface area contributed by atoms with E-state index in [2.05, 4.69) is 5.32 Å². The smallest absolute Gasteiger partial charge is 0.226 e. The number of carbonyl (C=O) groups excluding carboxylic acids is 1. The first-order valence-electron chi connectivity index (χ1n) is 10.8. The number of hydrogen-bond acceptors (Lipinski definition) is 6. The van der Waals surface area contributed by atoms with E-state index in [1.165, 1.54) is 12.1 Å². The third kappa shape index (κ3) is 4.97. The number of furan rings is 1. The highest BCUT2D eigenvalue weighted by atomic mass is 32.1. The predicted molar refractivity (Wildman–Crippen MR) is 132 cm³/mol. The molecule has 3 aromatic heterocycles. The van der Waals surface area contributed by atoms with Crippen molar-refractivity contribution >= 4 is 39.7 Å². The fourth-order valence-corrected chi connectivity index (χ4v) is 4.35. The fourth-order valence-electron chi connectivity index (χ4n) is 3.69. The lowest BCUT2D eigenvalue weighted by molar-refractivity contribution is -0.116. The monoisotopic (exact) mass is 472 g/mol. The fraction of sp³-hybridized carbons (Fsp3) is 0.115. The lowest BCUT2D eigenvalue weighted by Crippen LogP contribution is -2.28. The second-order valence-electron chi connectivity index (χ2n) is 7.67. The lowest BCUT2D eigenvalue weighted by Gasteiger charge is -2.24. The van der Waals surface area contributed by atoms with Gasteiger partial charge in [-0.3, -0.25) is 4.79 Å². The number of amides is 1. The summed E-state index contributed by atoms with van der Waals surface area (Å²) in [5.74, 6) is 1.50. The number of nitrogens with zero attached hydrogens (tertiary/aromatic N) is 3. The van der Waals surface area contributed by atoms with Gasteiger partial charge in [-0.25, -0.2) is 14.4 Å². The molecule has 0 radical (unpaired) electrons. The number of nitrogens with one attached hydrogen (secondary N) is 1. The molecule has 8 heteroatoms. The molecule has 0 unspecified atom stereocenters. The normalized spacial score (nSPS) is 11.0. The van der Waals surface area contributed by atoms with E-state index in [0.29, 0.717) is 24.6 Å². The summed E-state index contributed by atoms with van der Waals surface area (Å²) < 4.78 is 19.1. The minimum atomic E-state index is -0.397. The van der Waals surface area contributed by atoms with Gasteiger partial charge in [0.15, 0.2) is 5.82 Å². The van der Waals surface area contributed by atoms with Crippen LogP contribution in [0, 0.1) is 5.82 Å². The summed E-state index contributed by atoms with van der Waals surface area (Å²) in [6.07, 6.45) is 1.81. The van der Waals surface area contributed by atoms with E-state index < -0.39 is 5.82 Å². The molecule has 0 fully saturated rings. The number of aromatic nitrogens is 2. The van der Waals surface area contributed by atoms with E-state index in [0.717, 1.165) is 27.4 Å². The molecule has 0 aliphatic heterocycles. The molecule has 1 N–H and O–H groups in total. The zero-order valence-corrected chi connectivity index (χ0v) is 19.0. The van der Waals surface area contributed by atoms with Gasteiger partial charge in [0.05, 0.1) is 23.2 Å². The van der Waals surface area contributed by atoms with Crippen LogP contribution in [0.2, 0.25) is 0 Å². The third-order valence-corrected chi connectivity index (χ3v) is 6.13. The largest absolute Gasteiger partial charge is 0.467 e. The van der Waals surface area contributed by atoms with Gasteiger partial charge in [0.2, 0.25) is 5.91 Å². The molecule has 0 spiro atoms. The highest BCUT2D eigenvalue weighted by molar-refractivity contribution is 7.13. The highest BCUT2D eigenvalue weighted by Crippen LogP contribution is 2.30. The Kier molecular flexibility index (Phi) is 6.31. The molecule has 5 aromatic rings. The number of thiophene rings is 1. The molecule has 34 heavy (non-hydrogen) atoms. The molecular formula is C26H21FN4O2S. The number of rotatable bonds is 8. The summed E-state index contributed by atoms with van der Waals surface area (Å²) in [4.78, 5) is 25.3. The summed E-state index contributed by atoms with van der Waals surface area (Å²) in [7, 11) is 0. The van der Waals surface area contributed by atoms with Crippen LogP contribution in [0.15, 0.2) is 88.9 Å². The number of fused-ring (bicyclic) bond motifs is 1. The van der Waals surface area contributed by atoms with Crippen molar-refractivity contribution in [3.8, 4) is 10.7 Å². The van der Waals surface area contributed by atoms with Crippen LogP contribution in [0.1, 0.15) is 12.2 Å². The number of para-hydroxylation sites is 1. The maximum atomic E-state index is 13.5. The maximum absolute atomic E-state index is 13.5.